The fraction of sp³-hybridized carbons (Fsp3) is 0.333. The second-order valence-corrected chi connectivity index (χ2v) is 1.35. The van der Waals surface area contributed by atoms with E-state index in [9.17, 15) is 4.79 Å². The molecule has 1 radical (unpaired) electrons. The Morgan fingerprint density at radius 2 is 2.56 bits per heavy atom. The minimum Gasteiger partial charge on any atom is -0.303 e. The third-order valence-electron chi connectivity index (χ3n) is 0.771. The second-order valence-electron chi connectivity index (χ2n) is 1.35. The standard InChI is InChI=1S/C3H4N5O/c4-3(1-9)8-2-5-6-7-8/h2-3H,4H2. The average molecular weight is 126 g/mol. The Balaban J connectivity index is 2.76. The van der Waals surface area contributed by atoms with Crippen LogP contribution in [0.4, 0.5) is 0 Å². The van der Waals surface area contributed by atoms with E-state index in [4.69, 9.17) is 5.73 Å². The van der Waals surface area contributed by atoms with E-state index in [0.717, 1.165) is 4.68 Å². The number of hydrogen-bond acceptors (Lipinski definition) is 5. The molecule has 0 aromatic carbocycles. The van der Waals surface area contributed by atoms with Crippen LogP contribution in [0.1, 0.15) is 6.17 Å². The van der Waals surface area contributed by atoms with Crippen molar-refractivity contribution >= 4 is 6.29 Å². The Kier molecular flexibility index (Phi) is 1.50. The summed E-state index contributed by atoms with van der Waals surface area (Å²) in [5.41, 5.74) is 5.14. The van der Waals surface area contributed by atoms with Gasteiger partial charge in [0.1, 0.15) is 6.33 Å². The zero-order valence-corrected chi connectivity index (χ0v) is 4.43. The number of tetrazole rings is 1. The summed E-state index contributed by atoms with van der Waals surface area (Å²) in [7, 11) is 0. The van der Waals surface area contributed by atoms with Gasteiger partial charge in [-0.25, -0.2) is 4.68 Å². The van der Waals surface area contributed by atoms with Gasteiger partial charge in [-0.2, -0.15) is 0 Å². The molecule has 1 aromatic heterocycles. The van der Waals surface area contributed by atoms with Crippen LogP contribution in [-0.4, -0.2) is 26.5 Å². The molecule has 6 heteroatoms. The van der Waals surface area contributed by atoms with Gasteiger partial charge in [-0.15, -0.1) is 5.10 Å². The summed E-state index contributed by atoms with van der Waals surface area (Å²) < 4.78 is 1.10. The minimum atomic E-state index is -0.889. The second kappa shape index (κ2) is 2.31. The highest BCUT2D eigenvalue weighted by molar-refractivity contribution is 5.55. The Labute approximate surface area is 50.6 Å². The van der Waals surface area contributed by atoms with E-state index in [-0.39, 0.29) is 0 Å². The molecule has 0 aliphatic carbocycles. The van der Waals surface area contributed by atoms with Crippen LogP contribution >= 0.6 is 0 Å². The molecule has 1 atom stereocenters. The van der Waals surface area contributed by atoms with Crippen LogP contribution in [0.25, 0.3) is 0 Å². The average Bonchev–Trinajstić information content (AvgIpc) is 2.37. The Hall–Kier alpha value is -1.30. The lowest BCUT2D eigenvalue weighted by Crippen LogP contribution is -2.20. The zero-order chi connectivity index (χ0) is 6.69. The molecule has 0 amide bonds. The topological polar surface area (TPSA) is 86.7 Å². The van der Waals surface area contributed by atoms with Crippen molar-refractivity contribution in [1.82, 2.24) is 20.2 Å². The Morgan fingerprint density at radius 3 is 3.00 bits per heavy atom. The van der Waals surface area contributed by atoms with Gasteiger partial charge >= 0.3 is 0 Å². The minimum absolute atomic E-state index is 0.889. The molecule has 0 aliphatic heterocycles. The van der Waals surface area contributed by atoms with Crippen molar-refractivity contribution in [3.8, 4) is 0 Å². The van der Waals surface area contributed by atoms with E-state index < -0.39 is 6.17 Å². The molecule has 0 saturated carbocycles. The maximum Gasteiger partial charge on any atom is 0.241 e. The maximum absolute atomic E-state index is 9.84. The van der Waals surface area contributed by atoms with Gasteiger partial charge < -0.3 is 5.73 Å². The molecule has 1 rings (SSSR count). The summed E-state index contributed by atoms with van der Waals surface area (Å²) in [4.78, 5) is 9.84. The van der Waals surface area contributed by atoms with Crippen LogP contribution in [0, 0.1) is 0 Å². The van der Waals surface area contributed by atoms with Crippen molar-refractivity contribution in [1.29, 1.82) is 0 Å². The Bertz CT molecular complexity index is 182. The summed E-state index contributed by atoms with van der Waals surface area (Å²) in [6.45, 7) is 0. The quantitative estimate of drug-likeness (QED) is 0.507. The smallest absolute Gasteiger partial charge is 0.241 e. The van der Waals surface area contributed by atoms with E-state index >= 15 is 0 Å². The van der Waals surface area contributed by atoms with Crippen LogP contribution in [0.5, 0.6) is 0 Å². The van der Waals surface area contributed by atoms with Crippen molar-refractivity contribution in [2.24, 2.45) is 5.73 Å². The van der Waals surface area contributed by atoms with E-state index in [2.05, 4.69) is 15.5 Å². The van der Waals surface area contributed by atoms with E-state index in [1.165, 1.54) is 12.6 Å². The molecule has 2 N–H and O–H groups in total. The molecule has 1 aromatic rings. The molecule has 1 heterocycles. The predicted octanol–water partition coefficient (Wildman–Crippen LogP) is -1.76. The first-order valence-corrected chi connectivity index (χ1v) is 2.20. The number of nitrogens with zero attached hydrogens (tertiary/aromatic N) is 4. The maximum atomic E-state index is 9.84. The first-order valence-electron chi connectivity index (χ1n) is 2.20. The molecule has 0 saturated heterocycles. The van der Waals surface area contributed by atoms with Crippen LogP contribution in [-0.2, 0) is 4.79 Å². The van der Waals surface area contributed by atoms with E-state index in [1.54, 1.807) is 0 Å². The number of carbonyl (C=O) groups excluding carboxylic acids is 1. The number of nitrogens with two attached hydrogens (primary N) is 1. The van der Waals surface area contributed by atoms with E-state index in [1.807, 2.05) is 0 Å². The SMILES string of the molecule is NC([C]=O)n1cnnn1. The summed E-state index contributed by atoms with van der Waals surface area (Å²) in [5.74, 6) is 0. The van der Waals surface area contributed by atoms with E-state index in [0.29, 0.717) is 0 Å². The Morgan fingerprint density at radius 1 is 1.78 bits per heavy atom. The highest BCUT2D eigenvalue weighted by Gasteiger charge is 2.02. The van der Waals surface area contributed by atoms with Crippen molar-refractivity contribution in [2.75, 3.05) is 0 Å². The fourth-order valence-electron chi connectivity index (χ4n) is 0.350. The summed E-state index contributed by atoms with van der Waals surface area (Å²) in [6.07, 6.45) is 1.87. The van der Waals surface area contributed by atoms with Crippen molar-refractivity contribution in [3.63, 3.8) is 0 Å². The third-order valence-corrected chi connectivity index (χ3v) is 0.771. The first-order chi connectivity index (χ1) is 4.34. The van der Waals surface area contributed by atoms with Crippen molar-refractivity contribution in [2.45, 2.75) is 6.17 Å². The molecule has 0 spiro atoms. The highest BCUT2D eigenvalue weighted by Crippen LogP contribution is 1.84. The largest absolute Gasteiger partial charge is 0.303 e. The lowest BCUT2D eigenvalue weighted by Gasteiger charge is -1.96. The van der Waals surface area contributed by atoms with Crippen LogP contribution in [0.15, 0.2) is 6.33 Å². The molecule has 1 unspecified atom stereocenters. The first kappa shape index (κ1) is 5.83. The van der Waals surface area contributed by atoms with Gasteiger partial charge in [-0.1, -0.05) is 0 Å². The lowest BCUT2D eigenvalue weighted by molar-refractivity contribution is 0.490. The van der Waals surface area contributed by atoms with Gasteiger partial charge in [0.15, 0.2) is 6.17 Å². The summed E-state index contributed by atoms with van der Waals surface area (Å²) in [6, 6.07) is 0. The molecule has 0 fully saturated rings. The predicted molar refractivity (Wildman–Crippen MR) is 26.7 cm³/mol. The normalized spacial score (nSPS) is 13.0. The van der Waals surface area contributed by atoms with Crippen molar-refractivity contribution < 1.29 is 4.79 Å². The fourth-order valence-corrected chi connectivity index (χ4v) is 0.350. The van der Waals surface area contributed by atoms with Crippen molar-refractivity contribution in [3.05, 3.63) is 6.33 Å². The van der Waals surface area contributed by atoms with Crippen LogP contribution < -0.4 is 5.73 Å². The van der Waals surface area contributed by atoms with Crippen LogP contribution in [0.3, 0.4) is 0 Å². The number of rotatable bonds is 2. The number of hydrogen-bond donors (Lipinski definition) is 1. The van der Waals surface area contributed by atoms with Gasteiger partial charge in [0.05, 0.1) is 0 Å². The van der Waals surface area contributed by atoms with Gasteiger partial charge in [0.25, 0.3) is 0 Å². The van der Waals surface area contributed by atoms with Gasteiger partial charge in [0, 0.05) is 0 Å². The monoisotopic (exact) mass is 126 g/mol. The summed E-state index contributed by atoms with van der Waals surface area (Å²) >= 11 is 0. The molecular weight excluding hydrogens is 122 g/mol. The van der Waals surface area contributed by atoms with Crippen LogP contribution in [0.2, 0.25) is 0 Å². The molecular formula is C3H4N5O. The molecule has 6 nitrogen and oxygen atoms in total. The third kappa shape index (κ3) is 1.08. The zero-order valence-electron chi connectivity index (χ0n) is 4.43. The molecule has 0 bridgehead atoms. The lowest BCUT2D eigenvalue weighted by atomic mass is 10.6. The van der Waals surface area contributed by atoms with Gasteiger partial charge in [-0.3, -0.25) is 4.79 Å². The number of aromatic nitrogens is 4. The van der Waals surface area contributed by atoms with Gasteiger partial charge in [-0.05, 0) is 10.4 Å². The molecule has 9 heavy (non-hydrogen) atoms. The summed E-state index contributed by atoms with van der Waals surface area (Å²) in [5, 5.41) is 9.88. The molecule has 0 aliphatic rings. The van der Waals surface area contributed by atoms with Gasteiger partial charge in [0.2, 0.25) is 6.29 Å². The highest BCUT2D eigenvalue weighted by atomic mass is 16.1. The molecule has 47 valence electrons.